The number of nitrogens with zero attached hydrogens (tertiary/aromatic N) is 1. The van der Waals surface area contributed by atoms with Crippen LogP contribution in [0.15, 0.2) is 18.2 Å². The summed E-state index contributed by atoms with van der Waals surface area (Å²) in [5.41, 5.74) is -0.318. The fraction of sp³-hybridized carbons (Fsp3) is 0.462. The minimum Gasteiger partial charge on any atom is -0.490 e. The smallest absolute Gasteiger partial charge is 0.339 e. The molecule has 20 heavy (non-hydrogen) atoms. The van der Waals surface area contributed by atoms with Crippen LogP contribution in [0.5, 0.6) is 5.75 Å². The molecular formula is C13H17NO6. The highest BCUT2D eigenvalue weighted by molar-refractivity contribution is 5.91. The summed E-state index contributed by atoms with van der Waals surface area (Å²) < 4.78 is 10.5. The highest BCUT2D eigenvalue weighted by atomic mass is 16.6. The molecule has 0 aliphatic rings. The maximum atomic E-state index is 11.0. The van der Waals surface area contributed by atoms with E-state index in [4.69, 9.17) is 14.6 Å². The first kappa shape index (κ1) is 15.9. The Morgan fingerprint density at radius 3 is 2.70 bits per heavy atom. The molecule has 0 atom stereocenters. The Morgan fingerprint density at radius 1 is 1.35 bits per heavy atom. The van der Waals surface area contributed by atoms with Crippen molar-refractivity contribution in [3.63, 3.8) is 0 Å². The third-order valence-electron chi connectivity index (χ3n) is 2.53. The zero-order chi connectivity index (χ0) is 15.0. The fourth-order valence-corrected chi connectivity index (χ4v) is 1.48. The summed E-state index contributed by atoms with van der Waals surface area (Å²) >= 11 is 0. The normalized spacial score (nSPS) is 10.2. The lowest BCUT2D eigenvalue weighted by atomic mass is 10.2. The minimum absolute atomic E-state index is 0.0224. The quantitative estimate of drug-likeness (QED) is 0.424. The highest BCUT2D eigenvalue weighted by Gasteiger charge is 2.16. The van der Waals surface area contributed by atoms with Gasteiger partial charge < -0.3 is 14.6 Å². The predicted molar refractivity (Wildman–Crippen MR) is 71.3 cm³/mol. The monoisotopic (exact) mass is 283 g/mol. The molecule has 0 aromatic heterocycles. The molecule has 7 heteroatoms. The number of benzene rings is 1. The van der Waals surface area contributed by atoms with Gasteiger partial charge in [0.25, 0.3) is 5.69 Å². The molecular weight excluding hydrogens is 266 g/mol. The summed E-state index contributed by atoms with van der Waals surface area (Å²) in [6.45, 7) is 3.11. The van der Waals surface area contributed by atoms with E-state index in [1.54, 1.807) is 0 Å². The summed E-state index contributed by atoms with van der Waals surface area (Å²) in [6, 6.07) is 3.40. The Labute approximate surface area is 116 Å². The van der Waals surface area contributed by atoms with Gasteiger partial charge in [0.2, 0.25) is 0 Å². The molecule has 1 aromatic carbocycles. The van der Waals surface area contributed by atoms with Gasteiger partial charge in [0.15, 0.2) is 0 Å². The largest absolute Gasteiger partial charge is 0.490 e. The standard InChI is InChI=1S/C13H17NO6/c1-2-3-6-19-7-8-20-12-9-10(14(17)18)4-5-11(12)13(15)16/h4-5,9H,2-3,6-8H2,1H3,(H,15,16). The summed E-state index contributed by atoms with van der Waals surface area (Å²) in [6.07, 6.45) is 1.96. The molecule has 0 radical (unpaired) electrons. The van der Waals surface area contributed by atoms with Crippen molar-refractivity contribution in [1.82, 2.24) is 0 Å². The molecule has 1 aromatic rings. The van der Waals surface area contributed by atoms with Crippen molar-refractivity contribution in [3.8, 4) is 5.75 Å². The number of hydrogen-bond acceptors (Lipinski definition) is 5. The van der Waals surface area contributed by atoms with Crippen molar-refractivity contribution in [2.24, 2.45) is 0 Å². The first-order valence-electron chi connectivity index (χ1n) is 6.28. The SMILES string of the molecule is CCCCOCCOc1cc([N+](=O)[O-])ccc1C(=O)O. The zero-order valence-corrected chi connectivity index (χ0v) is 11.2. The van der Waals surface area contributed by atoms with Crippen LogP contribution >= 0.6 is 0 Å². The van der Waals surface area contributed by atoms with Gasteiger partial charge in [-0.2, -0.15) is 0 Å². The van der Waals surface area contributed by atoms with Gasteiger partial charge in [-0.15, -0.1) is 0 Å². The minimum atomic E-state index is -1.19. The average molecular weight is 283 g/mol. The van der Waals surface area contributed by atoms with Crippen molar-refractivity contribution in [2.45, 2.75) is 19.8 Å². The van der Waals surface area contributed by atoms with E-state index < -0.39 is 10.9 Å². The Balaban J connectivity index is 2.63. The topological polar surface area (TPSA) is 98.9 Å². The number of non-ortho nitro benzene ring substituents is 1. The van der Waals surface area contributed by atoms with E-state index in [0.29, 0.717) is 13.2 Å². The fourth-order valence-electron chi connectivity index (χ4n) is 1.48. The Hall–Kier alpha value is -2.15. The van der Waals surface area contributed by atoms with Gasteiger partial charge in [-0.05, 0) is 12.5 Å². The van der Waals surface area contributed by atoms with E-state index >= 15 is 0 Å². The van der Waals surface area contributed by atoms with Crippen molar-refractivity contribution in [1.29, 1.82) is 0 Å². The number of hydrogen-bond donors (Lipinski definition) is 1. The Morgan fingerprint density at radius 2 is 2.10 bits per heavy atom. The van der Waals surface area contributed by atoms with Crippen LogP contribution in [0.2, 0.25) is 0 Å². The van der Waals surface area contributed by atoms with Crippen LogP contribution in [0.1, 0.15) is 30.1 Å². The molecule has 0 aliphatic heterocycles. The number of nitro groups is 1. The molecule has 0 fully saturated rings. The van der Waals surface area contributed by atoms with Crippen molar-refractivity contribution >= 4 is 11.7 Å². The van der Waals surface area contributed by atoms with Gasteiger partial charge in [0.05, 0.1) is 17.6 Å². The van der Waals surface area contributed by atoms with Crippen molar-refractivity contribution in [3.05, 3.63) is 33.9 Å². The van der Waals surface area contributed by atoms with Gasteiger partial charge >= 0.3 is 5.97 Å². The first-order chi connectivity index (χ1) is 9.56. The molecule has 110 valence electrons. The number of rotatable bonds is 9. The van der Waals surface area contributed by atoms with E-state index in [2.05, 4.69) is 0 Å². The maximum absolute atomic E-state index is 11.0. The number of carbonyl (C=O) groups is 1. The molecule has 0 saturated heterocycles. The number of carboxylic acid groups (broad SMARTS) is 1. The number of carboxylic acids is 1. The molecule has 0 saturated carbocycles. The lowest BCUT2D eigenvalue weighted by Crippen LogP contribution is -2.10. The maximum Gasteiger partial charge on any atom is 0.339 e. The lowest BCUT2D eigenvalue weighted by molar-refractivity contribution is -0.384. The lowest BCUT2D eigenvalue weighted by Gasteiger charge is -2.09. The van der Waals surface area contributed by atoms with Gasteiger partial charge in [-0.25, -0.2) is 4.79 Å². The predicted octanol–water partition coefficient (Wildman–Crippen LogP) is 2.49. The number of unbranched alkanes of at least 4 members (excludes halogenated alkanes) is 1. The van der Waals surface area contributed by atoms with Crippen LogP contribution in [-0.2, 0) is 4.74 Å². The molecule has 0 aliphatic carbocycles. The van der Waals surface area contributed by atoms with E-state index in [1.165, 1.54) is 0 Å². The second-order valence-electron chi connectivity index (χ2n) is 4.06. The highest BCUT2D eigenvalue weighted by Crippen LogP contribution is 2.24. The van der Waals surface area contributed by atoms with E-state index in [-0.39, 0.29) is 23.6 Å². The molecule has 0 heterocycles. The first-order valence-corrected chi connectivity index (χ1v) is 6.28. The third-order valence-corrected chi connectivity index (χ3v) is 2.53. The van der Waals surface area contributed by atoms with Gasteiger partial charge in [0, 0.05) is 12.7 Å². The molecule has 0 spiro atoms. The molecule has 7 nitrogen and oxygen atoms in total. The summed E-state index contributed by atoms with van der Waals surface area (Å²) in [7, 11) is 0. The molecule has 1 rings (SSSR count). The van der Waals surface area contributed by atoms with Crippen LogP contribution < -0.4 is 4.74 Å². The van der Waals surface area contributed by atoms with Crippen LogP contribution in [0.4, 0.5) is 5.69 Å². The van der Waals surface area contributed by atoms with Crippen LogP contribution in [0, 0.1) is 10.1 Å². The van der Waals surface area contributed by atoms with E-state index in [9.17, 15) is 14.9 Å². The van der Waals surface area contributed by atoms with Crippen LogP contribution in [0.3, 0.4) is 0 Å². The number of aromatic carboxylic acids is 1. The third kappa shape index (κ3) is 4.85. The van der Waals surface area contributed by atoms with Gasteiger partial charge in [-0.3, -0.25) is 10.1 Å². The second kappa shape index (κ2) is 8.11. The molecule has 0 amide bonds. The van der Waals surface area contributed by atoms with Crippen molar-refractivity contribution < 1.29 is 24.3 Å². The number of ether oxygens (including phenoxy) is 2. The summed E-state index contributed by atoms with van der Waals surface area (Å²) in [5.74, 6) is -1.22. The second-order valence-corrected chi connectivity index (χ2v) is 4.06. The molecule has 0 unspecified atom stereocenters. The summed E-state index contributed by atoms with van der Waals surface area (Å²) in [4.78, 5) is 21.1. The van der Waals surface area contributed by atoms with Gasteiger partial charge in [-0.1, -0.05) is 13.3 Å². The zero-order valence-electron chi connectivity index (χ0n) is 11.2. The Bertz CT molecular complexity index is 474. The number of nitro benzene ring substituents is 1. The van der Waals surface area contributed by atoms with Crippen molar-refractivity contribution in [2.75, 3.05) is 19.8 Å². The van der Waals surface area contributed by atoms with E-state index in [0.717, 1.165) is 31.0 Å². The Kier molecular flexibility index (Phi) is 6.45. The molecule has 1 N–H and O–H groups in total. The van der Waals surface area contributed by atoms with E-state index in [1.807, 2.05) is 6.92 Å². The van der Waals surface area contributed by atoms with Crippen LogP contribution in [0.25, 0.3) is 0 Å². The van der Waals surface area contributed by atoms with Crippen LogP contribution in [-0.4, -0.2) is 35.8 Å². The van der Waals surface area contributed by atoms with Gasteiger partial charge in [0.1, 0.15) is 17.9 Å². The average Bonchev–Trinajstić information content (AvgIpc) is 2.42. The molecule has 0 bridgehead atoms. The summed E-state index contributed by atoms with van der Waals surface area (Å²) in [5, 5.41) is 19.6.